The lowest BCUT2D eigenvalue weighted by Gasteiger charge is -2.23. The molecule has 1 heterocycles. The normalized spacial score (nSPS) is 19.1. The number of nitrogens with two attached hydrogens (primary N) is 1. The molecule has 15 heavy (non-hydrogen) atoms. The predicted molar refractivity (Wildman–Crippen MR) is 61.6 cm³/mol. The van der Waals surface area contributed by atoms with Gasteiger partial charge in [-0.2, -0.15) is 0 Å². The van der Waals surface area contributed by atoms with Gasteiger partial charge in [0.1, 0.15) is 0 Å². The summed E-state index contributed by atoms with van der Waals surface area (Å²) in [7, 11) is 0. The van der Waals surface area contributed by atoms with Gasteiger partial charge in [-0.15, -0.1) is 0 Å². The zero-order chi connectivity index (χ0) is 11.1. The van der Waals surface area contributed by atoms with Gasteiger partial charge in [-0.25, -0.2) is 0 Å². The third kappa shape index (κ3) is 4.62. The lowest BCUT2D eigenvalue weighted by molar-refractivity contribution is -0.121. The summed E-state index contributed by atoms with van der Waals surface area (Å²) in [6.07, 6.45) is 3.93. The van der Waals surface area contributed by atoms with Crippen LogP contribution in [0.1, 0.15) is 32.6 Å². The fourth-order valence-corrected chi connectivity index (χ4v) is 1.92. The van der Waals surface area contributed by atoms with Crippen molar-refractivity contribution in [2.75, 3.05) is 26.2 Å². The molecule has 88 valence electrons. The number of carbonyl (C=O) groups is 1. The van der Waals surface area contributed by atoms with E-state index in [2.05, 4.69) is 17.1 Å². The molecule has 1 aliphatic heterocycles. The van der Waals surface area contributed by atoms with E-state index >= 15 is 0 Å². The number of amides is 1. The van der Waals surface area contributed by atoms with Crippen LogP contribution in [0.25, 0.3) is 0 Å². The van der Waals surface area contributed by atoms with E-state index in [1.165, 1.54) is 25.9 Å². The van der Waals surface area contributed by atoms with E-state index in [1.807, 2.05) is 0 Å². The second kappa shape index (κ2) is 6.80. The molecule has 0 aromatic carbocycles. The fraction of sp³-hybridized carbons (Fsp3) is 0.909. The molecule has 1 aliphatic rings. The Balaban J connectivity index is 2.09. The summed E-state index contributed by atoms with van der Waals surface area (Å²) >= 11 is 0. The predicted octanol–water partition coefficient (Wildman–Crippen LogP) is 0.326. The van der Waals surface area contributed by atoms with Gasteiger partial charge in [0.25, 0.3) is 0 Å². The van der Waals surface area contributed by atoms with Crippen molar-refractivity contribution in [1.29, 1.82) is 0 Å². The van der Waals surface area contributed by atoms with Crippen molar-refractivity contribution in [3.63, 3.8) is 0 Å². The highest BCUT2D eigenvalue weighted by atomic mass is 16.1. The maximum Gasteiger partial charge on any atom is 0.220 e. The van der Waals surface area contributed by atoms with Crippen LogP contribution in [0.15, 0.2) is 0 Å². The molecule has 4 heteroatoms. The Morgan fingerprint density at radius 3 is 2.73 bits per heavy atom. The Hall–Kier alpha value is -0.610. The SMILES string of the molecule is CC(CNC(=O)CCCN)N1CCCC1. The Morgan fingerprint density at radius 2 is 2.13 bits per heavy atom. The van der Waals surface area contributed by atoms with Crippen LogP contribution in [-0.2, 0) is 4.79 Å². The molecule has 0 bridgehead atoms. The summed E-state index contributed by atoms with van der Waals surface area (Å²) in [6, 6.07) is 0.467. The molecule has 1 fully saturated rings. The molecule has 4 nitrogen and oxygen atoms in total. The lowest BCUT2D eigenvalue weighted by atomic mass is 10.2. The van der Waals surface area contributed by atoms with Gasteiger partial charge in [-0.3, -0.25) is 9.69 Å². The third-order valence-electron chi connectivity index (χ3n) is 2.97. The number of hydrogen-bond acceptors (Lipinski definition) is 3. The van der Waals surface area contributed by atoms with Crippen LogP contribution < -0.4 is 11.1 Å². The smallest absolute Gasteiger partial charge is 0.220 e. The number of likely N-dealkylation sites (tertiary alicyclic amines) is 1. The minimum absolute atomic E-state index is 0.131. The molecule has 1 unspecified atom stereocenters. The van der Waals surface area contributed by atoms with Gasteiger partial charge in [0, 0.05) is 19.0 Å². The highest BCUT2D eigenvalue weighted by Gasteiger charge is 2.17. The number of hydrogen-bond donors (Lipinski definition) is 2. The number of carbonyl (C=O) groups excluding carboxylic acids is 1. The van der Waals surface area contributed by atoms with E-state index in [-0.39, 0.29) is 5.91 Å². The molecular weight excluding hydrogens is 190 g/mol. The Morgan fingerprint density at radius 1 is 1.47 bits per heavy atom. The summed E-state index contributed by atoms with van der Waals surface area (Å²) < 4.78 is 0. The average Bonchev–Trinajstić information content (AvgIpc) is 2.76. The second-order valence-corrected chi connectivity index (χ2v) is 4.29. The summed E-state index contributed by atoms with van der Waals surface area (Å²) in [4.78, 5) is 13.8. The van der Waals surface area contributed by atoms with Crippen LogP contribution in [0.3, 0.4) is 0 Å². The van der Waals surface area contributed by atoms with E-state index in [1.54, 1.807) is 0 Å². The van der Waals surface area contributed by atoms with Crippen LogP contribution in [0.2, 0.25) is 0 Å². The molecular formula is C11H23N3O. The van der Waals surface area contributed by atoms with Gasteiger partial charge in [0.2, 0.25) is 5.91 Å². The minimum atomic E-state index is 0.131. The minimum Gasteiger partial charge on any atom is -0.355 e. The maximum atomic E-state index is 11.3. The summed E-state index contributed by atoms with van der Waals surface area (Å²) in [5, 5.41) is 2.96. The van der Waals surface area contributed by atoms with Gasteiger partial charge in [0.05, 0.1) is 0 Å². The topological polar surface area (TPSA) is 58.4 Å². The van der Waals surface area contributed by atoms with E-state index in [9.17, 15) is 4.79 Å². The third-order valence-corrected chi connectivity index (χ3v) is 2.97. The maximum absolute atomic E-state index is 11.3. The van der Waals surface area contributed by atoms with Gasteiger partial charge in [-0.05, 0) is 45.8 Å². The Bertz CT molecular complexity index is 190. The van der Waals surface area contributed by atoms with Crippen molar-refractivity contribution >= 4 is 5.91 Å². The Labute approximate surface area is 92.2 Å². The first-order chi connectivity index (χ1) is 7.24. The van der Waals surface area contributed by atoms with Gasteiger partial charge < -0.3 is 11.1 Å². The summed E-state index contributed by atoms with van der Waals surface area (Å²) in [5.41, 5.74) is 5.34. The van der Waals surface area contributed by atoms with Crippen molar-refractivity contribution in [1.82, 2.24) is 10.2 Å². The van der Waals surface area contributed by atoms with Crippen molar-refractivity contribution in [2.45, 2.75) is 38.6 Å². The first kappa shape index (κ1) is 12.5. The second-order valence-electron chi connectivity index (χ2n) is 4.29. The largest absolute Gasteiger partial charge is 0.355 e. The molecule has 0 saturated carbocycles. The van der Waals surface area contributed by atoms with Gasteiger partial charge in [-0.1, -0.05) is 0 Å². The van der Waals surface area contributed by atoms with E-state index < -0.39 is 0 Å². The number of nitrogens with one attached hydrogen (secondary N) is 1. The van der Waals surface area contributed by atoms with Crippen molar-refractivity contribution in [3.8, 4) is 0 Å². The van der Waals surface area contributed by atoms with E-state index in [4.69, 9.17) is 5.73 Å². The van der Waals surface area contributed by atoms with Crippen LogP contribution in [0, 0.1) is 0 Å². The number of rotatable bonds is 6. The first-order valence-corrected chi connectivity index (χ1v) is 5.95. The van der Waals surface area contributed by atoms with Crippen molar-refractivity contribution < 1.29 is 4.79 Å². The molecule has 1 amide bonds. The first-order valence-electron chi connectivity index (χ1n) is 5.95. The molecule has 0 aromatic rings. The molecule has 0 aliphatic carbocycles. The molecule has 1 saturated heterocycles. The zero-order valence-electron chi connectivity index (χ0n) is 9.67. The Kier molecular flexibility index (Phi) is 5.65. The van der Waals surface area contributed by atoms with Gasteiger partial charge >= 0.3 is 0 Å². The standard InChI is InChI=1S/C11H23N3O/c1-10(14-7-2-3-8-14)9-13-11(15)5-4-6-12/h10H,2-9,12H2,1H3,(H,13,15). The fourth-order valence-electron chi connectivity index (χ4n) is 1.92. The van der Waals surface area contributed by atoms with Crippen LogP contribution in [0.5, 0.6) is 0 Å². The van der Waals surface area contributed by atoms with Gasteiger partial charge in [0.15, 0.2) is 0 Å². The van der Waals surface area contributed by atoms with E-state index in [0.717, 1.165) is 13.0 Å². The molecule has 0 radical (unpaired) electrons. The average molecular weight is 213 g/mol. The molecule has 0 aromatic heterocycles. The highest BCUT2D eigenvalue weighted by molar-refractivity contribution is 5.75. The molecule has 3 N–H and O–H groups in total. The lowest BCUT2D eigenvalue weighted by Crippen LogP contribution is -2.40. The van der Waals surface area contributed by atoms with Crippen LogP contribution in [0.4, 0.5) is 0 Å². The molecule has 0 spiro atoms. The monoisotopic (exact) mass is 213 g/mol. The summed E-state index contributed by atoms with van der Waals surface area (Å²) in [5.74, 6) is 0.131. The van der Waals surface area contributed by atoms with Crippen molar-refractivity contribution in [2.24, 2.45) is 5.73 Å². The van der Waals surface area contributed by atoms with E-state index in [0.29, 0.717) is 19.0 Å². The van der Waals surface area contributed by atoms with Crippen molar-refractivity contribution in [3.05, 3.63) is 0 Å². The highest BCUT2D eigenvalue weighted by Crippen LogP contribution is 2.10. The quantitative estimate of drug-likeness (QED) is 0.668. The number of nitrogens with zero attached hydrogens (tertiary/aromatic N) is 1. The van der Waals surface area contributed by atoms with Crippen LogP contribution >= 0.6 is 0 Å². The zero-order valence-corrected chi connectivity index (χ0v) is 9.67. The molecule has 1 atom stereocenters. The summed E-state index contributed by atoms with van der Waals surface area (Å²) in [6.45, 7) is 5.90. The molecule has 1 rings (SSSR count). The van der Waals surface area contributed by atoms with Crippen LogP contribution in [-0.4, -0.2) is 43.0 Å².